The van der Waals surface area contributed by atoms with Gasteiger partial charge in [0.25, 0.3) is 5.91 Å². The molecular formula is C24H21N3O4S. The third-order valence-corrected chi connectivity index (χ3v) is 6.40. The summed E-state index contributed by atoms with van der Waals surface area (Å²) >= 11 is 0.872. The number of hydrazone groups is 1. The molecule has 0 saturated carbocycles. The molecule has 0 aliphatic rings. The van der Waals surface area contributed by atoms with Crippen molar-refractivity contribution in [2.75, 3.05) is 0 Å². The maximum atomic E-state index is 12.4. The van der Waals surface area contributed by atoms with E-state index >= 15 is 0 Å². The average Bonchev–Trinajstić information content (AvgIpc) is 3.37. The van der Waals surface area contributed by atoms with Gasteiger partial charge in [-0.25, -0.2) is 10.2 Å². The standard InChI is InChI=1S/C24H21N3O4S/c1-13-8-9-16(12-14(13)2)27-18-7-5-4-6-17(18)21(23(27)29)15(3)25-26-22(28)19-10-11-20(32-19)24(30)31/h4-12,29H,1-3H3,(H,26,28)(H,30,31). The number of aromatic hydroxyl groups is 1. The van der Waals surface area contributed by atoms with Gasteiger partial charge in [0.1, 0.15) is 4.88 Å². The van der Waals surface area contributed by atoms with Crippen LogP contribution in [0.1, 0.15) is 43.0 Å². The Morgan fingerprint density at radius 3 is 2.41 bits per heavy atom. The second-order valence-electron chi connectivity index (χ2n) is 7.43. The molecule has 0 aliphatic heterocycles. The minimum Gasteiger partial charge on any atom is -0.494 e. The van der Waals surface area contributed by atoms with E-state index in [0.717, 1.165) is 39.1 Å². The third-order valence-electron chi connectivity index (χ3n) is 5.33. The number of para-hydroxylation sites is 1. The number of hydrogen-bond acceptors (Lipinski definition) is 5. The lowest BCUT2D eigenvalue weighted by Crippen LogP contribution is -2.18. The predicted molar refractivity (Wildman–Crippen MR) is 125 cm³/mol. The van der Waals surface area contributed by atoms with Crippen LogP contribution in [0.25, 0.3) is 16.6 Å². The number of carboxylic acid groups (broad SMARTS) is 1. The van der Waals surface area contributed by atoms with Crippen LogP contribution in [-0.4, -0.2) is 32.4 Å². The fourth-order valence-electron chi connectivity index (χ4n) is 3.53. The molecule has 0 spiro atoms. The maximum Gasteiger partial charge on any atom is 0.345 e. The lowest BCUT2D eigenvalue weighted by molar-refractivity contribution is 0.0702. The van der Waals surface area contributed by atoms with Gasteiger partial charge >= 0.3 is 5.97 Å². The topological polar surface area (TPSA) is 104 Å². The number of aromatic nitrogens is 1. The summed E-state index contributed by atoms with van der Waals surface area (Å²) in [6, 6.07) is 16.4. The summed E-state index contributed by atoms with van der Waals surface area (Å²) in [7, 11) is 0. The van der Waals surface area contributed by atoms with E-state index in [1.54, 1.807) is 11.5 Å². The first kappa shape index (κ1) is 21.3. The van der Waals surface area contributed by atoms with Crippen molar-refractivity contribution in [1.82, 2.24) is 9.99 Å². The van der Waals surface area contributed by atoms with Gasteiger partial charge < -0.3 is 10.2 Å². The molecule has 2 heterocycles. The number of carbonyl (C=O) groups is 2. The van der Waals surface area contributed by atoms with Crippen LogP contribution in [0.4, 0.5) is 0 Å². The van der Waals surface area contributed by atoms with E-state index in [0.29, 0.717) is 11.3 Å². The number of fused-ring (bicyclic) bond motifs is 1. The van der Waals surface area contributed by atoms with Crippen LogP contribution in [0.5, 0.6) is 5.88 Å². The number of nitrogens with one attached hydrogen (secondary N) is 1. The Balaban J connectivity index is 1.73. The fraction of sp³-hybridized carbons (Fsp3) is 0.125. The molecule has 32 heavy (non-hydrogen) atoms. The number of amides is 1. The predicted octanol–water partition coefficient (Wildman–Crippen LogP) is 4.87. The van der Waals surface area contributed by atoms with E-state index in [4.69, 9.17) is 5.11 Å². The van der Waals surface area contributed by atoms with E-state index in [9.17, 15) is 14.7 Å². The lowest BCUT2D eigenvalue weighted by Gasteiger charge is -2.10. The Labute approximate surface area is 188 Å². The number of carbonyl (C=O) groups excluding carboxylic acids is 1. The van der Waals surface area contributed by atoms with Crippen LogP contribution in [0, 0.1) is 13.8 Å². The molecule has 3 N–H and O–H groups in total. The molecule has 4 rings (SSSR count). The van der Waals surface area contributed by atoms with E-state index in [1.807, 2.05) is 56.3 Å². The van der Waals surface area contributed by atoms with Gasteiger partial charge in [0.2, 0.25) is 5.88 Å². The van der Waals surface area contributed by atoms with Gasteiger partial charge in [-0.1, -0.05) is 24.3 Å². The zero-order chi connectivity index (χ0) is 23.0. The Morgan fingerprint density at radius 2 is 1.72 bits per heavy atom. The number of nitrogens with zero attached hydrogens (tertiary/aromatic N) is 2. The van der Waals surface area contributed by atoms with Gasteiger partial charge in [0.05, 0.1) is 21.7 Å². The normalized spacial score (nSPS) is 11.7. The number of carboxylic acids is 1. The molecule has 8 heteroatoms. The van der Waals surface area contributed by atoms with Crippen molar-refractivity contribution in [2.24, 2.45) is 5.10 Å². The van der Waals surface area contributed by atoms with Crippen LogP contribution in [0.2, 0.25) is 0 Å². The Kier molecular flexibility index (Phi) is 5.54. The largest absolute Gasteiger partial charge is 0.494 e. The van der Waals surface area contributed by atoms with Crippen molar-refractivity contribution in [2.45, 2.75) is 20.8 Å². The first-order valence-electron chi connectivity index (χ1n) is 9.86. The number of benzene rings is 2. The minimum atomic E-state index is -1.09. The number of aromatic carboxylic acids is 1. The summed E-state index contributed by atoms with van der Waals surface area (Å²) in [6.45, 7) is 5.75. The SMILES string of the molecule is CC(=NNC(=O)c1ccc(C(=O)O)s1)c1c(O)n(-c2ccc(C)c(C)c2)c2ccccc12. The summed E-state index contributed by atoms with van der Waals surface area (Å²) < 4.78 is 1.76. The van der Waals surface area contributed by atoms with E-state index in [2.05, 4.69) is 10.5 Å². The zero-order valence-electron chi connectivity index (χ0n) is 17.7. The van der Waals surface area contributed by atoms with Crippen LogP contribution in [-0.2, 0) is 0 Å². The summed E-state index contributed by atoms with van der Waals surface area (Å²) in [5.74, 6) is -1.58. The summed E-state index contributed by atoms with van der Waals surface area (Å²) in [4.78, 5) is 23.7. The van der Waals surface area contributed by atoms with Gasteiger partial charge in [0, 0.05) is 11.1 Å². The smallest absolute Gasteiger partial charge is 0.345 e. The van der Waals surface area contributed by atoms with Crippen molar-refractivity contribution in [3.63, 3.8) is 0 Å². The van der Waals surface area contributed by atoms with Crippen molar-refractivity contribution in [1.29, 1.82) is 0 Å². The summed E-state index contributed by atoms with van der Waals surface area (Å²) in [5, 5.41) is 25.1. The van der Waals surface area contributed by atoms with Gasteiger partial charge in [-0.3, -0.25) is 9.36 Å². The molecule has 0 aliphatic carbocycles. The molecule has 2 aromatic carbocycles. The molecular weight excluding hydrogens is 426 g/mol. The summed E-state index contributed by atoms with van der Waals surface area (Å²) in [5.41, 5.74) is 7.29. The molecule has 162 valence electrons. The second kappa shape index (κ2) is 8.32. The highest BCUT2D eigenvalue weighted by Crippen LogP contribution is 2.35. The van der Waals surface area contributed by atoms with Crippen molar-refractivity contribution in [3.8, 4) is 11.6 Å². The van der Waals surface area contributed by atoms with Gasteiger partial charge in [0.15, 0.2) is 0 Å². The highest BCUT2D eigenvalue weighted by Gasteiger charge is 2.20. The molecule has 1 amide bonds. The molecule has 2 aromatic heterocycles. The van der Waals surface area contributed by atoms with Crippen LogP contribution < -0.4 is 5.43 Å². The van der Waals surface area contributed by atoms with Crippen molar-refractivity contribution in [3.05, 3.63) is 81.0 Å². The van der Waals surface area contributed by atoms with Crippen LogP contribution >= 0.6 is 11.3 Å². The fourth-order valence-corrected chi connectivity index (χ4v) is 4.26. The lowest BCUT2D eigenvalue weighted by atomic mass is 10.1. The van der Waals surface area contributed by atoms with E-state index in [1.165, 1.54) is 12.1 Å². The molecule has 0 saturated heterocycles. The second-order valence-corrected chi connectivity index (χ2v) is 8.51. The zero-order valence-corrected chi connectivity index (χ0v) is 18.5. The van der Waals surface area contributed by atoms with Gasteiger partial charge in [-0.2, -0.15) is 5.10 Å². The van der Waals surface area contributed by atoms with E-state index < -0.39 is 11.9 Å². The highest BCUT2D eigenvalue weighted by atomic mass is 32.1. The highest BCUT2D eigenvalue weighted by molar-refractivity contribution is 7.15. The molecule has 0 unspecified atom stereocenters. The number of aryl methyl sites for hydroxylation is 2. The van der Waals surface area contributed by atoms with E-state index in [-0.39, 0.29) is 15.6 Å². The average molecular weight is 448 g/mol. The molecule has 0 radical (unpaired) electrons. The Hall–Kier alpha value is -3.91. The third kappa shape index (κ3) is 3.76. The maximum absolute atomic E-state index is 12.4. The molecule has 0 bridgehead atoms. The first-order valence-corrected chi connectivity index (χ1v) is 10.7. The Morgan fingerprint density at radius 1 is 1.00 bits per heavy atom. The van der Waals surface area contributed by atoms with Crippen molar-refractivity contribution < 1.29 is 19.8 Å². The molecule has 0 fully saturated rings. The molecule has 7 nitrogen and oxygen atoms in total. The molecule has 4 aromatic rings. The monoisotopic (exact) mass is 447 g/mol. The number of hydrogen-bond donors (Lipinski definition) is 3. The molecule has 0 atom stereocenters. The minimum absolute atomic E-state index is 0.0224. The number of rotatable bonds is 5. The first-order chi connectivity index (χ1) is 15.3. The van der Waals surface area contributed by atoms with Gasteiger partial charge in [-0.15, -0.1) is 11.3 Å². The van der Waals surface area contributed by atoms with Crippen LogP contribution in [0.15, 0.2) is 59.7 Å². The number of thiophene rings is 1. The van der Waals surface area contributed by atoms with Crippen LogP contribution in [0.3, 0.4) is 0 Å². The van der Waals surface area contributed by atoms with Gasteiger partial charge in [-0.05, 0) is 62.2 Å². The van der Waals surface area contributed by atoms with Crippen molar-refractivity contribution >= 4 is 39.8 Å². The quantitative estimate of drug-likeness (QED) is 0.300. The Bertz CT molecular complexity index is 1400. The summed E-state index contributed by atoms with van der Waals surface area (Å²) in [6.07, 6.45) is 0.